The molecule has 2 amide bonds. The Balaban J connectivity index is 1.83. The molecule has 1 aliphatic heterocycles. The van der Waals surface area contributed by atoms with Crippen LogP contribution in [-0.2, 0) is 9.59 Å². The van der Waals surface area contributed by atoms with Gasteiger partial charge in [0.2, 0.25) is 11.8 Å². The SMILES string of the molecule is O=C1CCC(Nc2nc3cc([N+](=O)[O-])ccc3o2)C(=O)N1. The van der Waals surface area contributed by atoms with E-state index in [0.717, 1.165) is 0 Å². The summed E-state index contributed by atoms with van der Waals surface area (Å²) in [4.78, 5) is 36.9. The van der Waals surface area contributed by atoms with Gasteiger partial charge in [0.05, 0.1) is 4.92 Å². The number of imide groups is 1. The number of oxazole rings is 1. The van der Waals surface area contributed by atoms with Crippen LogP contribution in [-0.4, -0.2) is 27.8 Å². The van der Waals surface area contributed by atoms with E-state index >= 15 is 0 Å². The van der Waals surface area contributed by atoms with E-state index in [0.29, 0.717) is 17.5 Å². The Kier molecular flexibility index (Phi) is 3.01. The standard InChI is InChI=1S/C12H10N4O5/c17-10-4-2-7(11(18)15-10)13-12-14-8-5-6(16(19)20)1-3-9(8)21-12/h1,3,5,7H,2,4H2,(H,13,14)(H,15,17,18). The second-order valence-corrected chi connectivity index (χ2v) is 4.58. The molecule has 3 rings (SSSR count). The van der Waals surface area contributed by atoms with E-state index in [1.165, 1.54) is 18.2 Å². The molecule has 2 aromatic rings. The number of carbonyl (C=O) groups is 2. The van der Waals surface area contributed by atoms with E-state index in [1.807, 2.05) is 0 Å². The molecule has 1 atom stereocenters. The van der Waals surface area contributed by atoms with E-state index in [2.05, 4.69) is 15.6 Å². The number of nitrogens with zero attached hydrogens (tertiary/aromatic N) is 2. The molecule has 0 saturated carbocycles. The number of rotatable bonds is 3. The maximum absolute atomic E-state index is 11.6. The second kappa shape index (κ2) is 4.85. The molecule has 9 nitrogen and oxygen atoms in total. The molecule has 1 aromatic carbocycles. The minimum atomic E-state index is -0.620. The summed E-state index contributed by atoms with van der Waals surface area (Å²) in [6.45, 7) is 0. The summed E-state index contributed by atoms with van der Waals surface area (Å²) in [5, 5.41) is 15.7. The van der Waals surface area contributed by atoms with Crippen LogP contribution in [0.1, 0.15) is 12.8 Å². The summed E-state index contributed by atoms with van der Waals surface area (Å²) in [5.41, 5.74) is 0.595. The smallest absolute Gasteiger partial charge is 0.296 e. The van der Waals surface area contributed by atoms with Crippen LogP contribution in [0.15, 0.2) is 22.6 Å². The van der Waals surface area contributed by atoms with Crippen LogP contribution in [0.25, 0.3) is 11.1 Å². The molecule has 21 heavy (non-hydrogen) atoms. The summed E-state index contributed by atoms with van der Waals surface area (Å²) < 4.78 is 5.37. The van der Waals surface area contributed by atoms with Crippen LogP contribution in [0, 0.1) is 10.1 Å². The van der Waals surface area contributed by atoms with Crippen molar-refractivity contribution in [3.05, 3.63) is 28.3 Å². The zero-order valence-corrected chi connectivity index (χ0v) is 10.7. The number of hydrogen-bond donors (Lipinski definition) is 2. The van der Waals surface area contributed by atoms with Crippen molar-refractivity contribution in [1.29, 1.82) is 0 Å². The first-order valence-electron chi connectivity index (χ1n) is 6.18. The lowest BCUT2D eigenvalue weighted by molar-refractivity contribution is -0.384. The Bertz CT molecular complexity index is 753. The second-order valence-electron chi connectivity index (χ2n) is 4.58. The van der Waals surface area contributed by atoms with Crippen LogP contribution in [0.5, 0.6) is 0 Å². The van der Waals surface area contributed by atoms with Crippen molar-refractivity contribution in [2.45, 2.75) is 18.9 Å². The van der Waals surface area contributed by atoms with Crippen molar-refractivity contribution in [3.8, 4) is 0 Å². The minimum absolute atomic E-state index is 0.0833. The number of non-ortho nitro benzene ring substituents is 1. The van der Waals surface area contributed by atoms with Crippen molar-refractivity contribution in [1.82, 2.24) is 10.3 Å². The van der Waals surface area contributed by atoms with Gasteiger partial charge in [0.15, 0.2) is 5.58 Å². The molecule has 9 heteroatoms. The molecule has 1 fully saturated rings. The van der Waals surface area contributed by atoms with Crippen molar-refractivity contribution >= 4 is 34.6 Å². The number of piperidine rings is 1. The molecule has 0 radical (unpaired) electrons. The molecule has 1 aliphatic rings. The number of aromatic nitrogens is 1. The highest BCUT2D eigenvalue weighted by Crippen LogP contribution is 2.24. The summed E-state index contributed by atoms with van der Waals surface area (Å²) >= 11 is 0. The molecule has 1 saturated heterocycles. The van der Waals surface area contributed by atoms with Gasteiger partial charge in [-0.3, -0.25) is 25.0 Å². The number of nitro benzene ring substituents is 1. The maximum Gasteiger partial charge on any atom is 0.296 e. The minimum Gasteiger partial charge on any atom is -0.424 e. The van der Waals surface area contributed by atoms with Gasteiger partial charge in [-0.1, -0.05) is 0 Å². The van der Waals surface area contributed by atoms with Gasteiger partial charge in [0, 0.05) is 18.6 Å². The highest BCUT2D eigenvalue weighted by molar-refractivity contribution is 6.01. The van der Waals surface area contributed by atoms with Crippen molar-refractivity contribution in [2.24, 2.45) is 0 Å². The lowest BCUT2D eigenvalue weighted by atomic mass is 10.1. The number of amides is 2. The van der Waals surface area contributed by atoms with Gasteiger partial charge in [0.1, 0.15) is 11.6 Å². The lowest BCUT2D eigenvalue weighted by Gasteiger charge is -2.20. The first-order valence-corrected chi connectivity index (χ1v) is 6.18. The number of nitrogens with one attached hydrogen (secondary N) is 2. The predicted molar refractivity (Wildman–Crippen MR) is 70.5 cm³/mol. The monoisotopic (exact) mass is 290 g/mol. The van der Waals surface area contributed by atoms with Crippen LogP contribution in [0.3, 0.4) is 0 Å². The molecule has 2 heterocycles. The zero-order chi connectivity index (χ0) is 15.0. The number of fused-ring (bicyclic) bond motifs is 1. The van der Waals surface area contributed by atoms with Crippen LogP contribution >= 0.6 is 0 Å². The lowest BCUT2D eigenvalue weighted by Crippen LogP contribution is -2.47. The Hall–Kier alpha value is -2.97. The molecular formula is C12H10N4O5. The first-order chi connectivity index (χ1) is 10.0. The molecule has 0 aliphatic carbocycles. The normalized spacial score (nSPS) is 18.6. The molecule has 0 bridgehead atoms. The van der Waals surface area contributed by atoms with E-state index in [-0.39, 0.29) is 24.0 Å². The highest BCUT2D eigenvalue weighted by atomic mass is 16.6. The Morgan fingerprint density at radius 2 is 2.24 bits per heavy atom. The fourth-order valence-corrected chi connectivity index (χ4v) is 2.07. The summed E-state index contributed by atoms with van der Waals surface area (Å²) in [6.07, 6.45) is 0.568. The third-order valence-electron chi connectivity index (χ3n) is 3.12. The van der Waals surface area contributed by atoms with Gasteiger partial charge < -0.3 is 9.73 Å². The Morgan fingerprint density at radius 3 is 2.95 bits per heavy atom. The third kappa shape index (κ3) is 2.53. The summed E-state index contributed by atoms with van der Waals surface area (Å²) in [7, 11) is 0. The highest BCUT2D eigenvalue weighted by Gasteiger charge is 2.27. The van der Waals surface area contributed by atoms with Gasteiger partial charge in [-0.15, -0.1) is 0 Å². The van der Waals surface area contributed by atoms with Crippen molar-refractivity contribution in [2.75, 3.05) is 5.32 Å². The van der Waals surface area contributed by atoms with E-state index in [4.69, 9.17) is 4.42 Å². The zero-order valence-electron chi connectivity index (χ0n) is 10.7. The van der Waals surface area contributed by atoms with Gasteiger partial charge in [0.25, 0.3) is 11.7 Å². The molecule has 1 unspecified atom stereocenters. The van der Waals surface area contributed by atoms with E-state index in [9.17, 15) is 19.7 Å². The number of hydrogen-bond acceptors (Lipinski definition) is 7. The molecule has 0 spiro atoms. The maximum atomic E-state index is 11.6. The Morgan fingerprint density at radius 1 is 1.43 bits per heavy atom. The molecule has 1 aromatic heterocycles. The predicted octanol–water partition coefficient (Wildman–Crippen LogP) is 0.953. The molecular weight excluding hydrogens is 280 g/mol. The summed E-state index contributed by atoms with van der Waals surface area (Å²) in [6, 6.07) is 3.50. The number of anilines is 1. The van der Waals surface area contributed by atoms with Crippen LogP contribution in [0.4, 0.5) is 11.7 Å². The topological polar surface area (TPSA) is 127 Å². The van der Waals surface area contributed by atoms with Gasteiger partial charge in [-0.05, 0) is 12.5 Å². The van der Waals surface area contributed by atoms with Gasteiger partial charge in [-0.25, -0.2) is 0 Å². The average Bonchev–Trinajstić information content (AvgIpc) is 2.83. The van der Waals surface area contributed by atoms with E-state index < -0.39 is 16.9 Å². The summed E-state index contributed by atoms with van der Waals surface area (Å²) in [5.74, 6) is -0.759. The number of benzene rings is 1. The van der Waals surface area contributed by atoms with Gasteiger partial charge in [-0.2, -0.15) is 4.98 Å². The first kappa shape index (κ1) is 13.0. The fraction of sp³-hybridized carbons (Fsp3) is 0.250. The van der Waals surface area contributed by atoms with Crippen LogP contribution in [0.2, 0.25) is 0 Å². The molecule has 2 N–H and O–H groups in total. The van der Waals surface area contributed by atoms with Crippen LogP contribution < -0.4 is 10.6 Å². The van der Waals surface area contributed by atoms with Crippen molar-refractivity contribution < 1.29 is 18.9 Å². The number of nitro groups is 1. The van der Waals surface area contributed by atoms with E-state index in [1.54, 1.807) is 0 Å². The Labute approximate surface area is 117 Å². The fourth-order valence-electron chi connectivity index (χ4n) is 2.07. The largest absolute Gasteiger partial charge is 0.424 e. The molecule has 108 valence electrons. The number of carbonyl (C=O) groups excluding carboxylic acids is 2. The average molecular weight is 290 g/mol. The van der Waals surface area contributed by atoms with Crippen molar-refractivity contribution in [3.63, 3.8) is 0 Å². The quantitative estimate of drug-likeness (QED) is 0.489. The van der Waals surface area contributed by atoms with Gasteiger partial charge >= 0.3 is 0 Å². The third-order valence-corrected chi connectivity index (χ3v) is 3.12.